The van der Waals surface area contributed by atoms with Crippen molar-refractivity contribution >= 4 is 33.2 Å². The van der Waals surface area contributed by atoms with Crippen molar-refractivity contribution in [1.29, 1.82) is 0 Å². The highest BCUT2D eigenvalue weighted by atomic mass is 35.5. The van der Waals surface area contributed by atoms with Gasteiger partial charge in [-0.25, -0.2) is 17.1 Å². The SMILES string of the molecule is C[C@H]1Cc2ccccc2N1C(=O)C1CCN(S(=O)(=O)Cc2c(F)cccc2Cl)CC1. The molecule has 2 aliphatic rings. The second-order valence-corrected chi connectivity index (χ2v) is 10.4. The summed E-state index contributed by atoms with van der Waals surface area (Å²) in [5, 5.41) is 0.102. The highest BCUT2D eigenvalue weighted by Crippen LogP contribution is 2.35. The molecule has 2 aromatic carbocycles. The minimum absolute atomic E-state index is 0.0140. The molecule has 1 atom stereocenters. The number of hydrogen-bond acceptors (Lipinski definition) is 3. The highest BCUT2D eigenvalue weighted by molar-refractivity contribution is 7.88. The van der Waals surface area contributed by atoms with E-state index in [9.17, 15) is 17.6 Å². The van der Waals surface area contributed by atoms with Crippen LogP contribution < -0.4 is 4.90 Å². The maximum Gasteiger partial charge on any atom is 0.230 e. The first-order chi connectivity index (χ1) is 14.3. The number of hydrogen-bond donors (Lipinski definition) is 0. The van der Waals surface area contributed by atoms with Gasteiger partial charge in [0, 0.05) is 41.3 Å². The lowest BCUT2D eigenvalue weighted by Gasteiger charge is -2.34. The van der Waals surface area contributed by atoms with E-state index in [2.05, 4.69) is 0 Å². The van der Waals surface area contributed by atoms with Gasteiger partial charge >= 0.3 is 0 Å². The smallest absolute Gasteiger partial charge is 0.230 e. The fraction of sp³-hybridized carbons (Fsp3) is 0.409. The van der Waals surface area contributed by atoms with Gasteiger partial charge in [-0.05, 0) is 49.9 Å². The molecule has 0 N–H and O–H groups in total. The molecule has 0 bridgehead atoms. The zero-order valence-electron chi connectivity index (χ0n) is 16.7. The third-order valence-electron chi connectivity index (χ3n) is 6.03. The van der Waals surface area contributed by atoms with Crippen molar-refractivity contribution in [3.05, 3.63) is 64.4 Å². The number of fused-ring (bicyclic) bond motifs is 1. The van der Waals surface area contributed by atoms with Crippen molar-refractivity contribution in [3.8, 4) is 0 Å². The Labute approximate surface area is 181 Å². The Hall–Kier alpha value is -1.96. The lowest BCUT2D eigenvalue weighted by Crippen LogP contribution is -2.46. The topological polar surface area (TPSA) is 57.7 Å². The first-order valence-electron chi connectivity index (χ1n) is 10.1. The largest absolute Gasteiger partial charge is 0.309 e. The van der Waals surface area contributed by atoms with Crippen LogP contribution in [-0.4, -0.2) is 37.8 Å². The molecular formula is C22H24ClFN2O3S. The summed E-state index contributed by atoms with van der Waals surface area (Å²) in [6.07, 6.45) is 1.74. The van der Waals surface area contributed by atoms with Crippen LogP contribution >= 0.6 is 11.6 Å². The average molecular weight is 451 g/mol. The molecule has 1 amide bonds. The van der Waals surface area contributed by atoms with Crippen molar-refractivity contribution in [1.82, 2.24) is 4.31 Å². The number of amides is 1. The Kier molecular flexibility index (Phi) is 5.88. The number of carbonyl (C=O) groups is 1. The molecule has 1 fully saturated rings. The Balaban J connectivity index is 1.43. The Morgan fingerprint density at radius 1 is 1.13 bits per heavy atom. The van der Waals surface area contributed by atoms with Crippen molar-refractivity contribution in [2.45, 2.75) is 38.0 Å². The van der Waals surface area contributed by atoms with Gasteiger partial charge in [0.05, 0.1) is 5.75 Å². The van der Waals surface area contributed by atoms with E-state index in [0.717, 1.165) is 12.1 Å². The molecule has 30 heavy (non-hydrogen) atoms. The third-order valence-corrected chi connectivity index (χ3v) is 8.19. The number of benzene rings is 2. The van der Waals surface area contributed by atoms with Crippen LogP contribution in [-0.2, 0) is 27.0 Å². The van der Waals surface area contributed by atoms with E-state index in [4.69, 9.17) is 11.6 Å². The van der Waals surface area contributed by atoms with E-state index in [1.165, 1.54) is 28.1 Å². The zero-order valence-corrected chi connectivity index (χ0v) is 18.3. The van der Waals surface area contributed by atoms with Crippen molar-refractivity contribution in [3.63, 3.8) is 0 Å². The predicted octanol–water partition coefficient (Wildman–Crippen LogP) is 4.00. The van der Waals surface area contributed by atoms with Gasteiger partial charge in [-0.3, -0.25) is 4.79 Å². The maximum absolute atomic E-state index is 14.0. The van der Waals surface area contributed by atoms with Gasteiger partial charge in [0.15, 0.2) is 0 Å². The molecule has 2 aliphatic heterocycles. The maximum atomic E-state index is 14.0. The van der Waals surface area contributed by atoms with Gasteiger partial charge in [0.2, 0.25) is 15.9 Å². The lowest BCUT2D eigenvalue weighted by atomic mass is 9.96. The summed E-state index contributed by atoms with van der Waals surface area (Å²) < 4.78 is 41.0. The monoisotopic (exact) mass is 450 g/mol. The minimum atomic E-state index is -3.72. The molecule has 0 aromatic heterocycles. The molecule has 2 aromatic rings. The molecule has 1 saturated heterocycles. The Morgan fingerprint density at radius 3 is 2.53 bits per heavy atom. The molecule has 8 heteroatoms. The number of nitrogens with zero attached hydrogens (tertiary/aromatic N) is 2. The van der Waals surface area contributed by atoms with Gasteiger partial charge in [0.25, 0.3) is 0 Å². The fourth-order valence-corrected chi connectivity index (χ4v) is 6.34. The molecule has 5 nitrogen and oxygen atoms in total. The van der Waals surface area contributed by atoms with Gasteiger partial charge in [-0.2, -0.15) is 0 Å². The van der Waals surface area contributed by atoms with Crippen molar-refractivity contribution in [2.75, 3.05) is 18.0 Å². The lowest BCUT2D eigenvalue weighted by molar-refractivity contribution is -0.123. The number of anilines is 1. The van der Waals surface area contributed by atoms with E-state index in [-0.39, 0.29) is 41.5 Å². The summed E-state index contributed by atoms with van der Waals surface area (Å²) in [5.74, 6) is -1.27. The van der Waals surface area contributed by atoms with E-state index in [1.54, 1.807) is 0 Å². The van der Waals surface area contributed by atoms with Crippen molar-refractivity contribution in [2.24, 2.45) is 5.92 Å². The van der Waals surface area contributed by atoms with E-state index < -0.39 is 21.6 Å². The number of rotatable bonds is 4. The first kappa shape index (κ1) is 21.3. The summed E-state index contributed by atoms with van der Waals surface area (Å²) in [7, 11) is -3.72. The van der Waals surface area contributed by atoms with Gasteiger partial charge in [-0.1, -0.05) is 35.9 Å². The normalized spacial score (nSPS) is 20.4. The Bertz CT molecular complexity index is 1050. The number of carbonyl (C=O) groups excluding carboxylic acids is 1. The van der Waals surface area contributed by atoms with Crippen LogP contribution in [0, 0.1) is 11.7 Å². The summed E-state index contributed by atoms with van der Waals surface area (Å²) >= 11 is 5.99. The van der Waals surface area contributed by atoms with Crippen LogP contribution in [0.15, 0.2) is 42.5 Å². The summed E-state index contributed by atoms with van der Waals surface area (Å²) in [6.45, 7) is 2.53. The number of sulfonamides is 1. The van der Waals surface area contributed by atoms with Crippen LogP contribution in [0.25, 0.3) is 0 Å². The molecule has 0 aliphatic carbocycles. The van der Waals surface area contributed by atoms with E-state index in [1.807, 2.05) is 36.1 Å². The molecule has 4 rings (SSSR count). The number of halogens is 2. The van der Waals surface area contributed by atoms with Crippen molar-refractivity contribution < 1.29 is 17.6 Å². The molecule has 160 valence electrons. The average Bonchev–Trinajstić information content (AvgIpc) is 3.06. The molecule has 2 heterocycles. The van der Waals surface area contributed by atoms with Crippen LogP contribution in [0.3, 0.4) is 0 Å². The van der Waals surface area contributed by atoms with Gasteiger partial charge < -0.3 is 4.90 Å². The Morgan fingerprint density at radius 2 is 1.83 bits per heavy atom. The number of para-hydroxylation sites is 1. The molecule has 0 spiro atoms. The molecule has 0 saturated carbocycles. The zero-order chi connectivity index (χ0) is 21.5. The quantitative estimate of drug-likeness (QED) is 0.707. The van der Waals surface area contributed by atoms with Crippen LogP contribution in [0.5, 0.6) is 0 Å². The standard InChI is InChI=1S/C22H24ClFN2O3S/c1-15-13-17-5-2-3-8-21(17)26(15)22(27)16-9-11-25(12-10-16)30(28,29)14-18-19(23)6-4-7-20(18)24/h2-8,15-16H,9-14H2,1H3/t15-/m0/s1. The van der Waals surface area contributed by atoms with E-state index >= 15 is 0 Å². The summed E-state index contributed by atoms with van der Waals surface area (Å²) in [5.41, 5.74) is 2.11. The van der Waals surface area contributed by atoms with Gasteiger partial charge in [-0.15, -0.1) is 0 Å². The predicted molar refractivity (Wildman–Crippen MR) is 115 cm³/mol. The second-order valence-electron chi connectivity index (χ2n) is 8.02. The third kappa shape index (κ3) is 3.98. The molecule has 0 unspecified atom stereocenters. The van der Waals surface area contributed by atoms with Gasteiger partial charge in [0.1, 0.15) is 5.82 Å². The number of piperidine rings is 1. The van der Waals surface area contributed by atoms with Crippen LogP contribution in [0.2, 0.25) is 5.02 Å². The highest BCUT2D eigenvalue weighted by Gasteiger charge is 2.38. The van der Waals surface area contributed by atoms with Crippen LogP contribution in [0.1, 0.15) is 30.9 Å². The molecule has 0 radical (unpaired) electrons. The summed E-state index contributed by atoms with van der Waals surface area (Å²) in [4.78, 5) is 15.1. The molecular weight excluding hydrogens is 427 g/mol. The minimum Gasteiger partial charge on any atom is -0.309 e. The van der Waals surface area contributed by atoms with E-state index in [0.29, 0.717) is 12.8 Å². The fourth-order valence-electron chi connectivity index (χ4n) is 4.42. The summed E-state index contributed by atoms with van der Waals surface area (Å²) in [6, 6.07) is 12.1. The van der Waals surface area contributed by atoms with Crippen LogP contribution in [0.4, 0.5) is 10.1 Å². The second kappa shape index (κ2) is 8.29. The first-order valence-corrected chi connectivity index (χ1v) is 12.1.